The summed E-state index contributed by atoms with van der Waals surface area (Å²) in [6.07, 6.45) is 3.18. The van der Waals surface area contributed by atoms with E-state index in [0.29, 0.717) is 13.1 Å². The lowest BCUT2D eigenvalue weighted by Crippen LogP contribution is -2.37. The highest BCUT2D eigenvalue weighted by atomic mass is 16.7. The molecule has 0 N–H and O–H groups in total. The predicted octanol–water partition coefficient (Wildman–Crippen LogP) is 2.04. The van der Waals surface area contributed by atoms with Crippen LogP contribution < -0.4 is 0 Å². The van der Waals surface area contributed by atoms with Crippen molar-refractivity contribution in [3.05, 3.63) is 11.6 Å². The van der Waals surface area contributed by atoms with Crippen LogP contribution in [-0.4, -0.2) is 24.1 Å². The minimum absolute atomic E-state index is 0.208. The molecule has 0 aromatic rings. The third-order valence-electron chi connectivity index (χ3n) is 2.46. The van der Waals surface area contributed by atoms with Crippen LogP contribution >= 0.6 is 0 Å². The zero-order valence-electron chi connectivity index (χ0n) is 10.1. The number of carbonyl (C=O) groups is 1. The first kappa shape index (κ1) is 12.7. The number of nitriles is 1. The molecule has 0 radical (unpaired) electrons. The van der Waals surface area contributed by atoms with Crippen LogP contribution in [0, 0.1) is 16.7 Å². The zero-order chi connectivity index (χ0) is 12.2. The summed E-state index contributed by atoms with van der Waals surface area (Å²) in [5, 5.41) is 10.2. The van der Waals surface area contributed by atoms with E-state index in [9.17, 15) is 4.79 Å². The summed E-state index contributed by atoms with van der Waals surface area (Å²) in [6.45, 7) is 6.85. The van der Waals surface area contributed by atoms with Crippen molar-refractivity contribution in [2.75, 3.05) is 13.1 Å². The summed E-state index contributed by atoms with van der Waals surface area (Å²) in [6, 6.07) is 2.03. The Bertz CT molecular complexity index is 324. The fraction of sp³-hybridized carbons (Fsp3) is 0.667. The predicted molar refractivity (Wildman–Crippen MR) is 60.1 cm³/mol. The number of piperidine rings is 1. The molecule has 4 heteroatoms. The minimum Gasteiger partial charge on any atom is -0.367 e. The van der Waals surface area contributed by atoms with Gasteiger partial charge in [0.15, 0.2) is 0 Å². The fourth-order valence-electron chi connectivity index (χ4n) is 1.35. The van der Waals surface area contributed by atoms with Crippen LogP contribution in [0.1, 0.15) is 33.6 Å². The van der Waals surface area contributed by atoms with Gasteiger partial charge < -0.3 is 4.84 Å². The van der Waals surface area contributed by atoms with Gasteiger partial charge in [-0.3, -0.25) is 0 Å². The molecule has 1 aliphatic heterocycles. The molecule has 1 aliphatic rings. The monoisotopic (exact) mass is 222 g/mol. The summed E-state index contributed by atoms with van der Waals surface area (Å²) in [5.74, 6) is -0.208. The van der Waals surface area contributed by atoms with Gasteiger partial charge >= 0.3 is 5.97 Å². The molecule has 0 atom stereocenters. The molecular formula is C12H18N2O2. The van der Waals surface area contributed by atoms with Gasteiger partial charge in [0, 0.05) is 19.2 Å². The molecule has 0 aromatic heterocycles. The van der Waals surface area contributed by atoms with E-state index in [4.69, 9.17) is 10.1 Å². The lowest BCUT2D eigenvalue weighted by molar-refractivity contribution is -0.202. The minimum atomic E-state index is -0.469. The number of carbonyl (C=O) groups excluding carboxylic acids is 1. The standard InChI is InChI=1S/C12H18N2O2/c1-12(2,3)11(15)16-14-8-5-10(4-7-13)6-9-14/h4H,5-6,8-9H2,1-3H3. The molecule has 0 spiro atoms. The van der Waals surface area contributed by atoms with Gasteiger partial charge in [-0.1, -0.05) is 5.57 Å². The summed E-state index contributed by atoms with van der Waals surface area (Å²) in [7, 11) is 0. The molecule has 88 valence electrons. The maximum Gasteiger partial charge on any atom is 0.330 e. The lowest BCUT2D eigenvalue weighted by atomic mass is 9.98. The molecular weight excluding hydrogens is 204 g/mol. The molecule has 0 bridgehead atoms. The molecule has 1 saturated heterocycles. The van der Waals surface area contributed by atoms with Crippen LogP contribution in [0.5, 0.6) is 0 Å². The number of allylic oxidation sites excluding steroid dienone is 1. The Kier molecular flexibility index (Phi) is 4.08. The quantitative estimate of drug-likeness (QED) is 0.637. The van der Waals surface area contributed by atoms with Crippen molar-refractivity contribution in [2.24, 2.45) is 5.41 Å². The summed E-state index contributed by atoms with van der Waals surface area (Å²) >= 11 is 0. The van der Waals surface area contributed by atoms with Crippen LogP contribution in [-0.2, 0) is 9.63 Å². The van der Waals surface area contributed by atoms with Crippen molar-refractivity contribution in [1.82, 2.24) is 5.06 Å². The number of rotatable bonds is 1. The third-order valence-corrected chi connectivity index (χ3v) is 2.46. The van der Waals surface area contributed by atoms with Gasteiger partial charge in [0.1, 0.15) is 0 Å². The Labute approximate surface area is 96.4 Å². The smallest absolute Gasteiger partial charge is 0.330 e. The van der Waals surface area contributed by atoms with Gasteiger partial charge in [-0.25, -0.2) is 4.79 Å². The highest BCUT2D eigenvalue weighted by Gasteiger charge is 2.27. The fourth-order valence-corrected chi connectivity index (χ4v) is 1.35. The normalized spacial score (nSPS) is 17.8. The average molecular weight is 222 g/mol. The molecule has 16 heavy (non-hydrogen) atoms. The maximum absolute atomic E-state index is 11.6. The summed E-state index contributed by atoms with van der Waals surface area (Å²) < 4.78 is 0. The first-order chi connectivity index (χ1) is 7.43. The van der Waals surface area contributed by atoms with Gasteiger partial charge in [-0.05, 0) is 33.6 Å². The average Bonchev–Trinajstić information content (AvgIpc) is 2.20. The molecule has 0 aliphatic carbocycles. The highest BCUT2D eigenvalue weighted by molar-refractivity contribution is 5.75. The second-order valence-corrected chi connectivity index (χ2v) is 4.99. The van der Waals surface area contributed by atoms with E-state index in [0.717, 1.165) is 18.4 Å². The Hall–Kier alpha value is -1.34. The van der Waals surface area contributed by atoms with Crippen LogP contribution in [0.3, 0.4) is 0 Å². The van der Waals surface area contributed by atoms with E-state index >= 15 is 0 Å². The van der Waals surface area contributed by atoms with Gasteiger partial charge in [-0.15, -0.1) is 5.06 Å². The maximum atomic E-state index is 11.6. The Morgan fingerprint density at radius 1 is 1.44 bits per heavy atom. The molecule has 0 amide bonds. The van der Waals surface area contributed by atoms with Gasteiger partial charge in [0.05, 0.1) is 11.5 Å². The molecule has 0 unspecified atom stereocenters. The zero-order valence-corrected chi connectivity index (χ0v) is 10.1. The van der Waals surface area contributed by atoms with E-state index in [-0.39, 0.29) is 5.97 Å². The van der Waals surface area contributed by atoms with Crippen molar-refractivity contribution in [2.45, 2.75) is 33.6 Å². The van der Waals surface area contributed by atoms with Crippen LogP contribution in [0.2, 0.25) is 0 Å². The Morgan fingerprint density at radius 3 is 2.44 bits per heavy atom. The van der Waals surface area contributed by atoms with Crippen molar-refractivity contribution < 1.29 is 9.63 Å². The molecule has 0 aromatic carbocycles. The second-order valence-electron chi connectivity index (χ2n) is 4.99. The molecule has 1 fully saturated rings. The van der Waals surface area contributed by atoms with Crippen LogP contribution in [0.25, 0.3) is 0 Å². The van der Waals surface area contributed by atoms with E-state index in [2.05, 4.69) is 0 Å². The molecule has 4 nitrogen and oxygen atoms in total. The number of nitrogens with zero attached hydrogens (tertiary/aromatic N) is 2. The van der Waals surface area contributed by atoms with Gasteiger partial charge in [0.2, 0.25) is 0 Å². The van der Waals surface area contributed by atoms with E-state index < -0.39 is 5.41 Å². The third kappa shape index (κ3) is 3.67. The van der Waals surface area contributed by atoms with Crippen molar-refractivity contribution >= 4 is 5.97 Å². The second kappa shape index (κ2) is 5.13. The summed E-state index contributed by atoms with van der Waals surface area (Å²) in [5.41, 5.74) is 0.661. The van der Waals surface area contributed by atoms with Crippen molar-refractivity contribution in [3.8, 4) is 6.07 Å². The number of hydroxylamine groups is 2. The molecule has 1 rings (SSSR count). The van der Waals surface area contributed by atoms with Crippen molar-refractivity contribution in [1.29, 1.82) is 5.26 Å². The van der Waals surface area contributed by atoms with E-state index in [1.54, 1.807) is 11.1 Å². The summed E-state index contributed by atoms with van der Waals surface area (Å²) in [4.78, 5) is 16.9. The van der Waals surface area contributed by atoms with Gasteiger partial charge in [0.25, 0.3) is 0 Å². The Balaban J connectivity index is 2.42. The van der Waals surface area contributed by atoms with Gasteiger partial charge in [-0.2, -0.15) is 5.26 Å². The largest absolute Gasteiger partial charge is 0.367 e. The lowest BCUT2D eigenvalue weighted by Gasteiger charge is -2.29. The SMILES string of the molecule is CC(C)(C)C(=O)ON1CCC(=CC#N)CC1. The van der Waals surface area contributed by atoms with Crippen molar-refractivity contribution in [3.63, 3.8) is 0 Å². The Morgan fingerprint density at radius 2 is 2.00 bits per heavy atom. The molecule has 0 saturated carbocycles. The van der Waals surface area contributed by atoms with E-state index in [1.165, 1.54) is 0 Å². The topological polar surface area (TPSA) is 53.3 Å². The highest BCUT2D eigenvalue weighted by Crippen LogP contribution is 2.20. The number of hydrogen-bond donors (Lipinski definition) is 0. The number of hydrogen-bond acceptors (Lipinski definition) is 4. The van der Waals surface area contributed by atoms with Crippen LogP contribution in [0.15, 0.2) is 11.6 Å². The molecule has 1 heterocycles. The first-order valence-electron chi connectivity index (χ1n) is 5.48. The van der Waals surface area contributed by atoms with E-state index in [1.807, 2.05) is 26.8 Å². The first-order valence-corrected chi connectivity index (χ1v) is 5.48. The van der Waals surface area contributed by atoms with Crippen LogP contribution in [0.4, 0.5) is 0 Å².